The molecule has 5 heteroatoms. The first-order valence-electron chi connectivity index (χ1n) is 7.02. The Kier molecular flexibility index (Phi) is 3.78. The van der Waals surface area contributed by atoms with E-state index < -0.39 is 22.7 Å². The van der Waals surface area contributed by atoms with Gasteiger partial charge in [-0.2, -0.15) is 0 Å². The Hall–Kier alpha value is -1.91. The number of rotatable bonds is 4. The monoisotopic (exact) mass is 293 g/mol. The van der Waals surface area contributed by atoms with Crippen molar-refractivity contribution in [3.05, 3.63) is 35.1 Å². The molecule has 1 amide bonds. The zero-order chi connectivity index (χ0) is 15.8. The number of carbonyl (C=O) groups is 2. The Labute approximate surface area is 123 Å². The van der Waals surface area contributed by atoms with Gasteiger partial charge in [0.15, 0.2) is 0 Å². The lowest BCUT2D eigenvalue weighted by molar-refractivity contribution is -0.154. The molecule has 1 aromatic carbocycles. The van der Waals surface area contributed by atoms with Gasteiger partial charge < -0.3 is 10.4 Å². The molecular weight excluding hydrogens is 273 g/mol. The fraction of sp³-hybridized carbons (Fsp3) is 0.500. The molecule has 21 heavy (non-hydrogen) atoms. The molecule has 1 aliphatic rings. The van der Waals surface area contributed by atoms with Crippen LogP contribution in [-0.4, -0.2) is 22.5 Å². The van der Waals surface area contributed by atoms with E-state index in [4.69, 9.17) is 0 Å². The Morgan fingerprint density at radius 1 is 1.33 bits per heavy atom. The van der Waals surface area contributed by atoms with Crippen molar-refractivity contribution in [3.8, 4) is 0 Å². The Morgan fingerprint density at radius 2 is 1.95 bits per heavy atom. The van der Waals surface area contributed by atoms with Crippen molar-refractivity contribution in [2.24, 2.45) is 5.41 Å². The average Bonchev–Trinajstić information content (AvgIpc) is 2.32. The SMILES string of the molecule is Cc1cc(F)ccc1C(=O)NC1(C(C)(C)C(=O)O)CCC1. The molecule has 0 spiro atoms. The number of hydrogen-bond donors (Lipinski definition) is 2. The molecule has 4 nitrogen and oxygen atoms in total. The van der Waals surface area contributed by atoms with Crippen LogP contribution in [0.1, 0.15) is 49.0 Å². The summed E-state index contributed by atoms with van der Waals surface area (Å²) in [5, 5.41) is 12.3. The molecule has 0 bridgehead atoms. The van der Waals surface area contributed by atoms with Crippen LogP contribution in [0.4, 0.5) is 4.39 Å². The van der Waals surface area contributed by atoms with E-state index in [1.54, 1.807) is 20.8 Å². The average molecular weight is 293 g/mol. The van der Waals surface area contributed by atoms with Crippen LogP contribution < -0.4 is 5.32 Å². The third-order valence-electron chi connectivity index (χ3n) is 4.72. The molecular formula is C16H20FNO3. The third kappa shape index (κ3) is 2.52. The summed E-state index contributed by atoms with van der Waals surface area (Å²) in [6, 6.07) is 3.96. The van der Waals surface area contributed by atoms with Crippen molar-refractivity contribution >= 4 is 11.9 Å². The van der Waals surface area contributed by atoms with E-state index in [1.807, 2.05) is 0 Å². The predicted molar refractivity (Wildman–Crippen MR) is 76.6 cm³/mol. The van der Waals surface area contributed by atoms with Crippen molar-refractivity contribution in [2.45, 2.75) is 45.6 Å². The van der Waals surface area contributed by atoms with E-state index in [2.05, 4.69) is 5.32 Å². The van der Waals surface area contributed by atoms with E-state index in [0.29, 0.717) is 24.0 Å². The highest BCUT2D eigenvalue weighted by Crippen LogP contribution is 2.46. The summed E-state index contributed by atoms with van der Waals surface area (Å²) < 4.78 is 13.1. The van der Waals surface area contributed by atoms with Crippen molar-refractivity contribution in [1.82, 2.24) is 5.32 Å². The van der Waals surface area contributed by atoms with E-state index in [1.165, 1.54) is 18.2 Å². The molecule has 0 atom stereocenters. The maximum Gasteiger partial charge on any atom is 0.311 e. The minimum Gasteiger partial charge on any atom is -0.481 e. The second kappa shape index (κ2) is 5.13. The summed E-state index contributed by atoms with van der Waals surface area (Å²) in [4.78, 5) is 23.9. The lowest BCUT2D eigenvalue weighted by Crippen LogP contribution is -2.64. The van der Waals surface area contributed by atoms with Gasteiger partial charge in [-0.15, -0.1) is 0 Å². The van der Waals surface area contributed by atoms with Crippen LogP contribution in [-0.2, 0) is 4.79 Å². The molecule has 0 unspecified atom stereocenters. The second-order valence-electron chi connectivity index (χ2n) is 6.28. The number of halogens is 1. The topological polar surface area (TPSA) is 66.4 Å². The van der Waals surface area contributed by atoms with Gasteiger partial charge in [-0.25, -0.2) is 4.39 Å². The molecule has 0 aliphatic heterocycles. The van der Waals surface area contributed by atoms with Crippen LogP contribution in [0.25, 0.3) is 0 Å². The number of amides is 1. The maximum absolute atomic E-state index is 13.1. The Morgan fingerprint density at radius 3 is 2.38 bits per heavy atom. The molecule has 2 rings (SSSR count). The van der Waals surface area contributed by atoms with Crippen molar-refractivity contribution < 1.29 is 19.1 Å². The zero-order valence-corrected chi connectivity index (χ0v) is 12.5. The molecule has 1 aliphatic carbocycles. The van der Waals surface area contributed by atoms with Crippen molar-refractivity contribution in [1.29, 1.82) is 0 Å². The van der Waals surface area contributed by atoms with E-state index in [-0.39, 0.29) is 5.91 Å². The smallest absolute Gasteiger partial charge is 0.311 e. The van der Waals surface area contributed by atoms with Crippen molar-refractivity contribution in [2.75, 3.05) is 0 Å². The first kappa shape index (κ1) is 15.5. The molecule has 0 radical (unpaired) electrons. The van der Waals surface area contributed by atoms with Crippen LogP contribution in [0.15, 0.2) is 18.2 Å². The Balaban J connectivity index is 2.27. The minimum absolute atomic E-state index is 0.346. The number of carboxylic acid groups (broad SMARTS) is 1. The standard InChI is InChI=1S/C16H20FNO3/c1-10-9-11(17)5-6-12(10)13(19)18-16(7-4-8-16)15(2,3)14(20)21/h5-6,9H,4,7-8H2,1-3H3,(H,18,19)(H,20,21). The molecule has 114 valence electrons. The molecule has 2 N–H and O–H groups in total. The Bertz CT molecular complexity index is 591. The van der Waals surface area contributed by atoms with Gasteiger partial charge in [0.2, 0.25) is 0 Å². The fourth-order valence-corrected chi connectivity index (χ4v) is 2.81. The fourth-order valence-electron chi connectivity index (χ4n) is 2.81. The van der Waals surface area contributed by atoms with Crippen LogP contribution >= 0.6 is 0 Å². The first-order valence-corrected chi connectivity index (χ1v) is 7.02. The largest absolute Gasteiger partial charge is 0.481 e. The van der Waals surface area contributed by atoms with E-state index in [9.17, 15) is 19.1 Å². The van der Waals surface area contributed by atoms with Gasteiger partial charge in [0, 0.05) is 5.56 Å². The molecule has 0 saturated heterocycles. The lowest BCUT2D eigenvalue weighted by atomic mass is 9.60. The van der Waals surface area contributed by atoms with Gasteiger partial charge in [0.05, 0.1) is 11.0 Å². The van der Waals surface area contributed by atoms with E-state index >= 15 is 0 Å². The van der Waals surface area contributed by atoms with Gasteiger partial charge in [-0.1, -0.05) is 0 Å². The van der Waals surface area contributed by atoms with Gasteiger partial charge in [0.25, 0.3) is 5.91 Å². The number of carboxylic acids is 1. The number of carbonyl (C=O) groups excluding carboxylic acids is 1. The third-order valence-corrected chi connectivity index (χ3v) is 4.72. The lowest BCUT2D eigenvalue weighted by Gasteiger charge is -2.51. The van der Waals surface area contributed by atoms with Crippen molar-refractivity contribution in [3.63, 3.8) is 0 Å². The van der Waals surface area contributed by atoms with Gasteiger partial charge >= 0.3 is 5.97 Å². The summed E-state index contributed by atoms with van der Waals surface area (Å²) in [5.41, 5.74) is -0.870. The van der Waals surface area contributed by atoms with E-state index in [0.717, 1.165) is 6.42 Å². The minimum atomic E-state index is -1.05. The molecule has 1 saturated carbocycles. The van der Waals surface area contributed by atoms with Crippen LogP contribution in [0.3, 0.4) is 0 Å². The van der Waals surface area contributed by atoms with Gasteiger partial charge in [-0.05, 0) is 63.8 Å². The molecule has 0 heterocycles. The zero-order valence-electron chi connectivity index (χ0n) is 12.5. The normalized spacial score (nSPS) is 17.0. The highest BCUT2D eigenvalue weighted by Gasteiger charge is 2.54. The molecule has 1 aromatic rings. The number of nitrogens with one attached hydrogen (secondary N) is 1. The first-order chi connectivity index (χ1) is 9.69. The van der Waals surface area contributed by atoms with Gasteiger partial charge in [0.1, 0.15) is 5.82 Å². The summed E-state index contributed by atoms with van der Waals surface area (Å²) in [5.74, 6) is -1.67. The summed E-state index contributed by atoms with van der Waals surface area (Å²) in [6.07, 6.45) is 2.16. The quantitative estimate of drug-likeness (QED) is 0.897. The highest BCUT2D eigenvalue weighted by molar-refractivity contribution is 5.96. The predicted octanol–water partition coefficient (Wildman–Crippen LogP) is 2.90. The summed E-state index contributed by atoms with van der Waals surface area (Å²) in [6.45, 7) is 4.92. The summed E-state index contributed by atoms with van der Waals surface area (Å²) in [7, 11) is 0. The number of hydrogen-bond acceptors (Lipinski definition) is 2. The van der Waals surface area contributed by atoms with Crippen LogP contribution in [0, 0.1) is 18.2 Å². The maximum atomic E-state index is 13.1. The molecule has 1 fully saturated rings. The highest BCUT2D eigenvalue weighted by atomic mass is 19.1. The number of benzene rings is 1. The second-order valence-corrected chi connectivity index (χ2v) is 6.28. The van der Waals surface area contributed by atoms with Crippen LogP contribution in [0.2, 0.25) is 0 Å². The van der Waals surface area contributed by atoms with Gasteiger partial charge in [-0.3, -0.25) is 9.59 Å². The molecule has 0 aromatic heterocycles. The summed E-state index contributed by atoms with van der Waals surface area (Å²) >= 11 is 0. The number of aryl methyl sites for hydroxylation is 1. The number of aliphatic carboxylic acids is 1. The van der Waals surface area contributed by atoms with Crippen LogP contribution in [0.5, 0.6) is 0 Å².